The summed E-state index contributed by atoms with van der Waals surface area (Å²) < 4.78 is 10.5. The molecule has 0 aromatic heterocycles. The molecule has 196 valence electrons. The molecule has 0 N–H and O–H groups in total. The van der Waals surface area contributed by atoms with Crippen molar-refractivity contribution in [3.63, 3.8) is 0 Å². The normalized spacial score (nSPS) is 11.2. The maximum absolute atomic E-state index is 11.8. The van der Waals surface area contributed by atoms with Crippen LogP contribution in [-0.4, -0.2) is 25.2 Å². The third-order valence-electron chi connectivity index (χ3n) is 6.10. The van der Waals surface area contributed by atoms with Crippen molar-refractivity contribution in [2.45, 2.75) is 156 Å². The number of carbonyl (C=O) groups excluding carboxylic acids is 2. The van der Waals surface area contributed by atoms with Crippen LogP contribution in [0.2, 0.25) is 0 Å². The summed E-state index contributed by atoms with van der Waals surface area (Å²) in [6, 6.07) is 0. The van der Waals surface area contributed by atoms with E-state index in [0.29, 0.717) is 32.0 Å². The summed E-state index contributed by atoms with van der Waals surface area (Å²) in [6.07, 6.45) is 24.5. The number of carbonyl (C=O) groups is 2. The van der Waals surface area contributed by atoms with Crippen LogP contribution in [0.4, 0.5) is 0 Å². The smallest absolute Gasteiger partial charge is 0.305 e. The van der Waals surface area contributed by atoms with Crippen LogP contribution in [0.1, 0.15) is 156 Å². The van der Waals surface area contributed by atoms with E-state index in [-0.39, 0.29) is 11.9 Å². The van der Waals surface area contributed by atoms with Gasteiger partial charge < -0.3 is 9.47 Å². The maximum Gasteiger partial charge on any atom is 0.305 e. The molecule has 0 unspecified atom stereocenters. The molecule has 0 aliphatic rings. The number of hydrogen-bond donors (Lipinski definition) is 0. The predicted molar refractivity (Wildman–Crippen MR) is 139 cm³/mol. The standard InChI is InChI=1S/C29H56O4/c1-4-5-6-7-8-9-10-11-12-13-16-19-22-25-32-28(30)23-20-17-14-15-18-21-24-29(31)33-26-27(2)3/h27H,4-26H2,1-3H3. The topological polar surface area (TPSA) is 52.6 Å². The Labute approximate surface area is 206 Å². The molecule has 4 nitrogen and oxygen atoms in total. The molecule has 0 saturated carbocycles. The molecule has 0 spiro atoms. The zero-order valence-electron chi connectivity index (χ0n) is 22.5. The van der Waals surface area contributed by atoms with Gasteiger partial charge in [0.15, 0.2) is 0 Å². The second-order valence-corrected chi connectivity index (χ2v) is 10.2. The van der Waals surface area contributed by atoms with E-state index in [0.717, 1.165) is 44.9 Å². The van der Waals surface area contributed by atoms with Crippen LogP contribution < -0.4 is 0 Å². The van der Waals surface area contributed by atoms with Gasteiger partial charge in [-0.05, 0) is 25.2 Å². The summed E-state index contributed by atoms with van der Waals surface area (Å²) >= 11 is 0. The molecule has 0 saturated heterocycles. The van der Waals surface area contributed by atoms with Crippen LogP contribution in [0, 0.1) is 5.92 Å². The van der Waals surface area contributed by atoms with Gasteiger partial charge in [-0.1, -0.05) is 124 Å². The Balaban J connectivity index is 3.23. The van der Waals surface area contributed by atoms with E-state index in [1.807, 2.05) is 13.8 Å². The summed E-state index contributed by atoms with van der Waals surface area (Å²) in [6.45, 7) is 7.47. The van der Waals surface area contributed by atoms with E-state index in [9.17, 15) is 9.59 Å². The van der Waals surface area contributed by atoms with Crippen molar-refractivity contribution in [1.29, 1.82) is 0 Å². The number of unbranched alkanes of at least 4 members (excludes halogenated alkanes) is 17. The van der Waals surface area contributed by atoms with E-state index >= 15 is 0 Å². The molecule has 0 aliphatic heterocycles. The van der Waals surface area contributed by atoms with Crippen LogP contribution >= 0.6 is 0 Å². The lowest BCUT2D eigenvalue weighted by atomic mass is 10.0. The third kappa shape index (κ3) is 27.1. The summed E-state index contributed by atoms with van der Waals surface area (Å²) in [4.78, 5) is 23.3. The molecule has 0 heterocycles. The van der Waals surface area contributed by atoms with E-state index in [2.05, 4.69) is 6.92 Å². The van der Waals surface area contributed by atoms with Crippen molar-refractivity contribution in [3.05, 3.63) is 0 Å². The SMILES string of the molecule is CCCCCCCCCCCCCCCOC(=O)CCCCCCCCC(=O)OCC(C)C. The van der Waals surface area contributed by atoms with E-state index in [1.165, 1.54) is 77.0 Å². The fraction of sp³-hybridized carbons (Fsp3) is 0.931. The summed E-state index contributed by atoms with van der Waals surface area (Å²) in [7, 11) is 0. The highest BCUT2D eigenvalue weighted by atomic mass is 16.5. The van der Waals surface area contributed by atoms with Gasteiger partial charge in [0.2, 0.25) is 0 Å². The Bertz CT molecular complexity index is 433. The minimum atomic E-state index is -0.0741. The van der Waals surface area contributed by atoms with Crippen molar-refractivity contribution < 1.29 is 19.1 Å². The first-order valence-corrected chi connectivity index (χ1v) is 14.4. The van der Waals surface area contributed by atoms with Gasteiger partial charge in [0.25, 0.3) is 0 Å². The molecule has 0 rings (SSSR count). The van der Waals surface area contributed by atoms with E-state index < -0.39 is 0 Å². The van der Waals surface area contributed by atoms with Crippen molar-refractivity contribution in [3.8, 4) is 0 Å². The van der Waals surface area contributed by atoms with E-state index in [1.54, 1.807) is 0 Å². The van der Waals surface area contributed by atoms with Crippen LogP contribution in [-0.2, 0) is 19.1 Å². The quantitative estimate of drug-likeness (QED) is 0.0991. The van der Waals surface area contributed by atoms with Gasteiger partial charge >= 0.3 is 11.9 Å². The van der Waals surface area contributed by atoms with Gasteiger partial charge in [0.05, 0.1) is 13.2 Å². The van der Waals surface area contributed by atoms with Gasteiger partial charge in [0.1, 0.15) is 0 Å². The molecule has 0 aliphatic carbocycles. The molecule has 0 radical (unpaired) electrons. The Kier molecular flexibility index (Phi) is 24.7. The van der Waals surface area contributed by atoms with Gasteiger partial charge in [-0.15, -0.1) is 0 Å². The second kappa shape index (κ2) is 25.6. The summed E-state index contributed by atoms with van der Waals surface area (Å²) in [5.41, 5.74) is 0. The third-order valence-corrected chi connectivity index (χ3v) is 6.10. The predicted octanol–water partition coefficient (Wildman–Crippen LogP) is 8.94. The molecule has 4 heteroatoms. The zero-order chi connectivity index (χ0) is 24.4. The Morgan fingerprint density at radius 3 is 1.30 bits per heavy atom. The van der Waals surface area contributed by atoms with Gasteiger partial charge in [-0.3, -0.25) is 9.59 Å². The van der Waals surface area contributed by atoms with Crippen LogP contribution in [0.15, 0.2) is 0 Å². The summed E-state index contributed by atoms with van der Waals surface area (Å²) in [5.74, 6) is 0.284. The first-order chi connectivity index (χ1) is 16.1. The first-order valence-electron chi connectivity index (χ1n) is 14.4. The first kappa shape index (κ1) is 31.9. The number of hydrogen-bond acceptors (Lipinski definition) is 4. The lowest BCUT2D eigenvalue weighted by molar-refractivity contribution is -0.145. The number of esters is 2. The number of rotatable bonds is 25. The lowest BCUT2D eigenvalue weighted by Gasteiger charge is -2.07. The molecule has 0 aromatic carbocycles. The lowest BCUT2D eigenvalue weighted by Crippen LogP contribution is -2.09. The zero-order valence-corrected chi connectivity index (χ0v) is 22.5. The number of ether oxygens (including phenoxy) is 2. The van der Waals surface area contributed by atoms with Crippen LogP contribution in [0.25, 0.3) is 0 Å². The molecule has 33 heavy (non-hydrogen) atoms. The Morgan fingerprint density at radius 2 is 0.879 bits per heavy atom. The van der Waals surface area contributed by atoms with Crippen molar-refractivity contribution in [2.24, 2.45) is 5.92 Å². The summed E-state index contributed by atoms with van der Waals surface area (Å²) in [5, 5.41) is 0. The van der Waals surface area contributed by atoms with Gasteiger partial charge in [-0.2, -0.15) is 0 Å². The van der Waals surface area contributed by atoms with Crippen molar-refractivity contribution in [2.75, 3.05) is 13.2 Å². The van der Waals surface area contributed by atoms with Gasteiger partial charge in [-0.25, -0.2) is 0 Å². The van der Waals surface area contributed by atoms with Crippen molar-refractivity contribution >= 4 is 11.9 Å². The van der Waals surface area contributed by atoms with Crippen LogP contribution in [0.5, 0.6) is 0 Å². The molecule has 0 bridgehead atoms. The fourth-order valence-corrected chi connectivity index (χ4v) is 3.96. The average Bonchev–Trinajstić information content (AvgIpc) is 2.79. The highest BCUT2D eigenvalue weighted by Gasteiger charge is 2.05. The molecule has 0 fully saturated rings. The van der Waals surface area contributed by atoms with E-state index in [4.69, 9.17) is 9.47 Å². The molecule has 0 atom stereocenters. The monoisotopic (exact) mass is 468 g/mol. The Hall–Kier alpha value is -1.06. The molecular formula is C29H56O4. The minimum Gasteiger partial charge on any atom is -0.466 e. The highest BCUT2D eigenvalue weighted by Crippen LogP contribution is 2.13. The average molecular weight is 469 g/mol. The molecule has 0 amide bonds. The Morgan fingerprint density at radius 1 is 0.515 bits per heavy atom. The van der Waals surface area contributed by atoms with Gasteiger partial charge in [0, 0.05) is 12.8 Å². The fourth-order valence-electron chi connectivity index (χ4n) is 3.96. The second-order valence-electron chi connectivity index (χ2n) is 10.2. The molecule has 0 aromatic rings. The highest BCUT2D eigenvalue weighted by molar-refractivity contribution is 5.69. The van der Waals surface area contributed by atoms with Crippen LogP contribution in [0.3, 0.4) is 0 Å². The minimum absolute atomic E-state index is 0.0400. The maximum atomic E-state index is 11.8. The van der Waals surface area contributed by atoms with Crippen molar-refractivity contribution in [1.82, 2.24) is 0 Å². The largest absolute Gasteiger partial charge is 0.466 e. The molecular weight excluding hydrogens is 412 g/mol.